The molecule has 3 rings (SSSR count). The van der Waals surface area contributed by atoms with Crippen molar-refractivity contribution in [1.82, 2.24) is 4.98 Å². The highest BCUT2D eigenvalue weighted by molar-refractivity contribution is 5.72. The number of fused-ring (bicyclic) bond motifs is 1. The molecule has 0 radical (unpaired) electrons. The molecule has 0 saturated carbocycles. The maximum absolute atomic E-state index is 5.80. The highest BCUT2D eigenvalue weighted by Crippen LogP contribution is 2.20. The van der Waals surface area contributed by atoms with Gasteiger partial charge in [0.25, 0.3) is 0 Å². The quantitative estimate of drug-likeness (QED) is 0.626. The van der Waals surface area contributed by atoms with Crippen LogP contribution in [0.4, 0.5) is 0 Å². The molecule has 1 heterocycles. The Morgan fingerprint density at radius 2 is 1.90 bits per heavy atom. The van der Waals surface area contributed by atoms with Gasteiger partial charge in [-0.3, -0.25) is 0 Å². The van der Waals surface area contributed by atoms with Crippen LogP contribution in [0.1, 0.15) is 23.9 Å². The first-order valence-electron chi connectivity index (χ1n) is 6.98. The molecule has 0 aliphatic heterocycles. The van der Waals surface area contributed by atoms with E-state index in [0.29, 0.717) is 6.42 Å². The summed E-state index contributed by atoms with van der Waals surface area (Å²) in [6, 6.07) is 16.1. The predicted molar refractivity (Wildman–Crippen MR) is 87.1 cm³/mol. The van der Waals surface area contributed by atoms with Crippen molar-refractivity contribution in [3.8, 4) is 0 Å². The Labute approximate surface area is 124 Å². The molecule has 104 valence electrons. The second kappa shape index (κ2) is 5.80. The fourth-order valence-corrected chi connectivity index (χ4v) is 2.25. The van der Waals surface area contributed by atoms with Crippen LogP contribution in [0.5, 0.6) is 0 Å². The molecule has 0 N–H and O–H groups in total. The van der Waals surface area contributed by atoms with E-state index in [0.717, 1.165) is 22.6 Å². The van der Waals surface area contributed by atoms with E-state index in [-0.39, 0.29) is 0 Å². The summed E-state index contributed by atoms with van der Waals surface area (Å²) >= 11 is 0. The average Bonchev–Trinajstić information content (AvgIpc) is 2.88. The van der Waals surface area contributed by atoms with Gasteiger partial charge in [-0.2, -0.15) is 0 Å². The first-order valence-corrected chi connectivity index (χ1v) is 6.98. The number of benzene rings is 2. The van der Waals surface area contributed by atoms with Crippen LogP contribution in [0.25, 0.3) is 17.2 Å². The third-order valence-electron chi connectivity index (χ3n) is 3.28. The number of hydrogen-bond donors (Lipinski definition) is 0. The lowest BCUT2D eigenvalue weighted by Gasteiger charge is -2.03. The highest BCUT2D eigenvalue weighted by Gasteiger charge is 2.07. The Bertz CT molecular complexity index is 778. The molecular weight excluding hydrogens is 258 g/mol. The summed E-state index contributed by atoms with van der Waals surface area (Å²) in [5, 5.41) is 0. The second-order valence-electron chi connectivity index (χ2n) is 5.13. The Balaban J connectivity index is 1.92. The van der Waals surface area contributed by atoms with Crippen LogP contribution in [-0.2, 0) is 6.42 Å². The predicted octanol–water partition coefficient (Wildman–Crippen LogP) is 5.01. The largest absolute Gasteiger partial charge is 0.440 e. The Morgan fingerprint density at radius 1 is 1.14 bits per heavy atom. The third kappa shape index (κ3) is 3.11. The number of aromatic nitrogens is 1. The third-order valence-corrected chi connectivity index (χ3v) is 3.28. The molecule has 1 aromatic heterocycles. The number of oxazole rings is 1. The minimum Gasteiger partial charge on any atom is -0.440 e. The minimum absolute atomic E-state index is 0.686. The summed E-state index contributed by atoms with van der Waals surface area (Å²) < 4.78 is 5.80. The molecular formula is C19H17NO. The highest BCUT2D eigenvalue weighted by atomic mass is 16.3. The number of rotatable bonds is 4. The van der Waals surface area contributed by atoms with Crippen LogP contribution in [0.2, 0.25) is 0 Å². The van der Waals surface area contributed by atoms with Crippen molar-refractivity contribution in [1.29, 1.82) is 0 Å². The normalized spacial score (nSPS) is 11.3. The van der Waals surface area contributed by atoms with Crippen molar-refractivity contribution in [3.05, 3.63) is 83.8 Å². The van der Waals surface area contributed by atoms with Crippen molar-refractivity contribution in [2.75, 3.05) is 0 Å². The lowest BCUT2D eigenvalue weighted by Crippen LogP contribution is -1.91. The van der Waals surface area contributed by atoms with Gasteiger partial charge in [0.2, 0.25) is 0 Å². The van der Waals surface area contributed by atoms with Crippen LogP contribution in [0, 0.1) is 0 Å². The molecule has 0 saturated heterocycles. The summed E-state index contributed by atoms with van der Waals surface area (Å²) in [5.41, 5.74) is 5.14. The maximum atomic E-state index is 5.80. The van der Waals surface area contributed by atoms with Gasteiger partial charge in [-0.05, 0) is 30.2 Å². The van der Waals surface area contributed by atoms with Crippen molar-refractivity contribution in [2.24, 2.45) is 0 Å². The molecule has 0 fully saturated rings. The van der Waals surface area contributed by atoms with Gasteiger partial charge in [-0.1, -0.05) is 60.7 Å². The number of allylic oxidation sites excluding steroid dienone is 2. The molecule has 21 heavy (non-hydrogen) atoms. The first-order chi connectivity index (χ1) is 10.2. The van der Waals surface area contributed by atoms with E-state index in [4.69, 9.17) is 4.42 Å². The van der Waals surface area contributed by atoms with E-state index in [1.54, 1.807) is 0 Å². The fourth-order valence-electron chi connectivity index (χ4n) is 2.25. The minimum atomic E-state index is 0.686. The van der Waals surface area contributed by atoms with Gasteiger partial charge in [0.05, 0.1) is 0 Å². The summed E-state index contributed by atoms with van der Waals surface area (Å²) in [6.07, 6.45) is 4.79. The van der Waals surface area contributed by atoms with E-state index in [1.807, 2.05) is 49.4 Å². The van der Waals surface area contributed by atoms with E-state index in [1.165, 1.54) is 11.1 Å². The molecule has 0 bridgehead atoms. The van der Waals surface area contributed by atoms with Crippen molar-refractivity contribution in [2.45, 2.75) is 13.3 Å². The smallest absolute Gasteiger partial charge is 0.199 e. The lowest BCUT2D eigenvalue weighted by atomic mass is 10.0. The SMILES string of the molecule is C=C(C)/C=C\c1ccccc1Cc1nc2ccccc2o1. The summed E-state index contributed by atoms with van der Waals surface area (Å²) in [6.45, 7) is 5.88. The lowest BCUT2D eigenvalue weighted by molar-refractivity contribution is 0.544. The molecule has 0 unspecified atom stereocenters. The van der Waals surface area contributed by atoms with Crippen LogP contribution in [-0.4, -0.2) is 4.98 Å². The van der Waals surface area contributed by atoms with Gasteiger partial charge in [-0.15, -0.1) is 0 Å². The molecule has 0 aliphatic carbocycles. The van der Waals surface area contributed by atoms with Crippen LogP contribution in [0.15, 0.2) is 71.2 Å². The summed E-state index contributed by atoms with van der Waals surface area (Å²) in [7, 11) is 0. The monoisotopic (exact) mass is 275 g/mol. The molecule has 0 aliphatic rings. The zero-order chi connectivity index (χ0) is 14.7. The molecule has 2 heteroatoms. The Hall–Kier alpha value is -2.61. The Morgan fingerprint density at radius 3 is 2.71 bits per heavy atom. The topological polar surface area (TPSA) is 26.0 Å². The first kappa shape index (κ1) is 13.4. The average molecular weight is 275 g/mol. The van der Waals surface area contributed by atoms with E-state index >= 15 is 0 Å². The van der Waals surface area contributed by atoms with Crippen molar-refractivity contribution < 1.29 is 4.42 Å². The molecule has 0 atom stereocenters. The molecule has 2 nitrogen and oxygen atoms in total. The summed E-state index contributed by atoms with van der Waals surface area (Å²) in [5.74, 6) is 0.743. The standard InChI is InChI=1S/C19H17NO/c1-14(2)11-12-15-7-3-4-8-16(15)13-19-20-17-9-5-6-10-18(17)21-19/h3-12H,1,13H2,2H3/b12-11-. The van der Waals surface area contributed by atoms with Gasteiger partial charge in [-0.25, -0.2) is 4.98 Å². The summed E-state index contributed by atoms with van der Waals surface area (Å²) in [4.78, 5) is 4.54. The van der Waals surface area contributed by atoms with Gasteiger partial charge in [0.15, 0.2) is 11.5 Å². The van der Waals surface area contributed by atoms with Crippen LogP contribution >= 0.6 is 0 Å². The van der Waals surface area contributed by atoms with Crippen LogP contribution in [0.3, 0.4) is 0 Å². The molecule has 0 spiro atoms. The molecule has 0 amide bonds. The van der Waals surface area contributed by atoms with Gasteiger partial charge in [0, 0.05) is 6.42 Å². The number of nitrogens with zero attached hydrogens (tertiary/aromatic N) is 1. The van der Waals surface area contributed by atoms with Gasteiger partial charge < -0.3 is 4.42 Å². The van der Waals surface area contributed by atoms with E-state index in [9.17, 15) is 0 Å². The fraction of sp³-hybridized carbons (Fsp3) is 0.105. The zero-order valence-corrected chi connectivity index (χ0v) is 12.0. The van der Waals surface area contributed by atoms with Gasteiger partial charge in [0.1, 0.15) is 5.52 Å². The second-order valence-corrected chi connectivity index (χ2v) is 5.13. The Kier molecular flexibility index (Phi) is 3.69. The van der Waals surface area contributed by atoms with Crippen LogP contribution < -0.4 is 0 Å². The van der Waals surface area contributed by atoms with Gasteiger partial charge >= 0.3 is 0 Å². The number of para-hydroxylation sites is 2. The van der Waals surface area contributed by atoms with E-state index in [2.05, 4.69) is 29.8 Å². The zero-order valence-electron chi connectivity index (χ0n) is 12.0. The molecule has 2 aromatic carbocycles. The number of hydrogen-bond acceptors (Lipinski definition) is 2. The van der Waals surface area contributed by atoms with Crippen molar-refractivity contribution in [3.63, 3.8) is 0 Å². The van der Waals surface area contributed by atoms with E-state index < -0.39 is 0 Å². The molecule has 3 aromatic rings. The van der Waals surface area contributed by atoms with Crippen molar-refractivity contribution >= 4 is 17.2 Å². The maximum Gasteiger partial charge on any atom is 0.199 e.